The van der Waals surface area contributed by atoms with Crippen LogP contribution < -0.4 is 15.5 Å². The number of aromatic nitrogens is 2. The molecule has 172 valence electrons. The minimum absolute atomic E-state index is 0. The summed E-state index contributed by atoms with van der Waals surface area (Å²) in [6.45, 7) is 8.61. The first-order valence-electron chi connectivity index (χ1n) is 11.2. The van der Waals surface area contributed by atoms with Crippen LogP contribution in [0.3, 0.4) is 0 Å². The number of nitrogens with one attached hydrogen (secondary N) is 2. The molecule has 7 nitrogen and oxygen atoms in total. The predicted octanol–water partition coefficient (Wildman–Crippen LogP) is 3.64. The minimum atomic E-state index is 0. The van der Waals surface area contributed by atoms with E-state index in [0.717, 1.165) is 69.7 Å². The first-order chi connectivity index (χ1) is 15.3. The van der Waals surface area contributed by atoms with Gasteiger partial charge in [-0.1, -0.05) is 24.3 Å². The van der Waals surface area contributed by atoms with Crippen LogP contribution in [0.2, 0.25) is 0 Å². The normalized spacial score (nSPS) is 14.3. The van der Waals surface area contributed by atoms with Crippen LogP contribution in [-0.4, -0.2) is 54.9 Å². The molecule has 4 rings (SSSR count). The number of anilines is 1. The van der Waals surface area contributed by atoms with Gasteiger partial charge in [0.2, 0.25) is 0 Å². The Morgan fingerprint density at radius 3 is 2.78 bits per heavy atom. The second kappa shape index (κ2) is 12.6. The molecule has 1 fully saturated rings. The summed E-state index contributed by atoms with van der Waals surface area (Å²) in [6.07, 6.45) is 5.04. The number of hydrogen-bond donors (Lipinski definition) is 2. The number of fused-ring (bicyclic) bond motifs is 1. The van der Waals surface area contributed by atoms with E-state index < -0.39 is 0 Å². The van der Waals surface area contributed by atoms with Crippen molar-refractivity contribution in [1.29, 1.82) is 0 Å². The van der Waals surface area contributed by atoms with Gasteiger partial charge >= 0.3 is 0 Å². The van der Waals surface area contributed by atoms with E-state index in [1.165, 1.54) is 10.9 Å². The van der Waals surface area contributed by atoms with Crippen LogP contribution >= 0.6 is 24.0 Å². The highest BCUT2D eigenvalue weighted by Gasteiger charge is 2.15. The third-order valence-corrected chi connectivity index (χ3v) is 5.48. The first-order valence-corrected chi connectivity index (χ1v) is 11.2. The number of benzene rings is 1. The molecule has 0 radical (unpaired) electrons. The number of para-hydroxylation sites is 1. The number of aryl methyl sites for hydroxylation is 1. The Kier molecular flexibility index (Phi) is 9.61. The molecule has 32 heavy (non-hydrogen) atoms. The summed E-state index contributed by atoms with van der Waals surface area (Å²) in [7, 11) is 0. The molecule has 3 aromatic rings. The van der Waals surface area contributed by atoms with Crippen molar-refractivity contribution >= 4 is 46.7 Å². The van der Waals surface area contributed by atoms with Gasteiger partial charge in [-0.05, 0) is 36.9 Å². The molecule has 2 aromatic heterocycles. The maximum atomic E-state index is 5.48. The van der Waals surface area contributed by atoms with Gasteiger partial charge in [0.25, 0.3) is 0 Å². The lowest BCUT2D eigenvalue weighted by Gasteiger charge is -2.29. The standard InChI is InChI=1S/C24H32N6O.HI/c1-2-25-24(27-12-6-13-29-14-10-20-7-3-4-9-22(20)29)28-19-21-8-5-11-26-23(21)30-15-17-31-18-16-30;/h3-5,7-11,14H,2,6,12-13,15-19H2,1H3,(H2,25,27,28);1H. The third kappa shape index (κ3) is 6.35. The van der Waals surface area contributed by atoms with Crippen molar-refractivity contribution in [2.75, 3.05) is 44.3 Å². The van der Waals surface area contributed by atoms with E-state index >= 15 is 0 Å². The van der Waals surface area contributed by atoms with E-state index in [1.807, 2.05) is 12.3 Å². The number of morpholine rings is 1. The maximum absolute atomic E-state index is 5.48. The van der Waals surface area contributed by atoms with E-state index in [9.17, 15) is 0 Å². The summed E-state index contributed by atoms with van der Waals surface area (Å²) in [5.41, 5.74) is 2.43. The van der Waals surface area contributed by atoms with Gasteiger partial charge in [0.15, 0.2) is 5.96 Å². The van der Waals surface area contributed by atoms with Crippen molar-refractivity contribution in [1.82, 2.24) is 20.2 Å². The monoisotopic (exact) mass is 548 g/mol. The van der Waals surface area contributed by atoms with Crippen molar-refractivity contribution in [2.45, 2.75) is 26.4 Å². The number of rotatable bonds is 8. The van der Waals surface area contributed by atoms with Gasteiger partial charge in [0.1, 0.15) is 5.82 Å². The maximum Gasteiger partial charge on any atom is 0.191 e. The van der Waals surface area contributed by atoms with Crippen LogP contribution in [0.15, 0.2) is 59.9 Å². The Morgan fingerprint density at radius 2 is 1.94 bits per heavy atom. The molecule has 0 bridgehead atoms. The van der Waals surface area contributed by atoms with Gasteiger partial charge < -0.3 is 24.8 Å². The van der Waals surface area contributed by atoms with Crippen LogP contribution in [-0.2, 0) is 17.8 Å². The van der Waals surface area contributed by atoms with Gasteiger partial charge in [-0.3, -0.25) is 0 Å². The number of guanidine groups is 1. The minimum Gasteiger partial charge on any atom is -0.378 e. The van der Waals surface area contributed by atoms with Gasteiger partial charge in [-0.15, -0.1) is 24.0 Å². The van der Waals surface area contributed by atoms with E-state index in [-0.39, 0.29) is 24.0 Å². The van der Waals surface area contributed by atoms with Gasteiger partial charge in [-0.2, -0.15) is 0 Å². The lowest BCUT2D eigenvalue weighted by Crippen LogP contribution is -2.38. The molecule has 1 aliphatic heterocycles. The second-order valence-electron chi connectivity index (χ2n) is 7.63. The lowest BCUT2D eigenvalue weighted by molar-refractivity contribution is 0.122. The van der Waals surface area contributed by atoms with E-state index in [2.05, 4.69) is 74.6 Å². The Balaban J connectivity index is 0.00000289. The number of ether oxygens (including phenoxy) is 1. The fourth-order valence-corrected chi connectivity index (χ4v) is 3.91. The van der Waals surface area contributed by atoms with Crippen molar-refractivity contribution in [3.05, 3.63) is 60.4 Å². The molecule has 0 atom stereocenters. The van der Waals surface area contributed by atoms with Crippen LogP contribution in [0.4, 0.5) is 5.82 Å². The molecule has 1 saturated heterocycles. The molecule has 0 saturated carbocycles. The number of pyridine rings is 1. The Morgan fingerprint density at radius 1 is 1.09 bits per heavy atom. The third-order valence-electron chi connectivity index (χ3n) is 5.48. The average Bonchev–Trinajstić information content (AvgIpc) is 3.24. The summed E-state index contributed by atoms with van der Waals surface area (Å²) < 4.78 is 7.79. The van der Waals surface area contributed by atoms with Crippen molar-refractivity contribution in [3.8, 4) is 0 Å². The zero-order valence-electron chi connectivity index (χ0n) is 18.7. The quantitative estimate of drug-likeness (QED) is 0.195. The highest BCUT2D eigenvalue weighted by molar-refractivity contribution is 14.0. The summed E-state index contributed by atoms with van der Waals surface area (Å²) in [6, 6.07) is 14.8. The molecular weight excluding hydrogens is 515 g/mol. The van der Waals surface area contributed by atoms with Crippen molar-refractivity contribution in [2.24, 2.45) is 4.99 Å². The van der Waals surface area contributed by atoms with Gasteiger partial charge in [0, 0.05) is 56.2 Å². The van der Waals surface area contributed by atoms with Crippen molar-refractivity contribution in [3.63, 3.8) is 0 Å². The predicted molar refractivity (Wildman–Crippen MR) is 142 cm³/mol. The molecule has 0 unspecified atom stereocenters. The van der Waals surface area contributed by atoms with E-state index in [0.29, 0.717) is 6.54 Å². The van der Waals surface area contributed by atoms with Gasteiger partial charge in [-0.25, -0.2) is 9.98 Å². The Labute approximate surface area is 207 Å². The first kappa shape index (κ1) is 24.3. The van der Waals surface area contributed by atoms with Crippen LogP contribution in [0.5, 0.6) is 0 Å². The molecule has 0 spiro atoms. The average molecular weight is 548 g/mol. The number of halogens is 1. The smallest absolute Gasteiger partial charge is 0.191 e. The largest absolute Gasteiger partial charge is 0.378 e. The second-order valence-corrected chi connectivity index (χ2v) is 7.63. The molecule has 1 aliphatic rings. The number of aliphatic imine (C=N–C) groups is 1. The van der Waals surface area contributed by atoms with Gasteiger partial charge in [0.05, 0.1) is 19.8 Å². The van der Waals surface area contributed by atoms with Crippen molar-refractivity contribution < 1.29 is 4.74 Å². The van der Waals surface area contributed by atoms with E-state index in [1.54, 1.807) is 0 Å². The lowest BCUT2D eigenvalue weighted by atomic mass is 10.2. The zero-order chi connectivity index (χ0) is 21.3. The molecular formula is C24H33IN6O. The summed E-state index contributed by atoms with van der Waals surface area (Å²) in [5.74, 6) is 1.86. The summed E-state index contributed by atoms with van der Waals surface area (Å²) >= 11 is 0. The molecule has 2 N–H and O–H groups in total. The summed E-state index contributed by atoms with van der Waals surface area (Å²) in [4.78, 5) is 11.7. The van der Waals surface area contributed by atoms with Crippen LogP contribution in [0.25, 0.3) is 10.9 Å². The van der Waals surface area contributed by atoms with Crippen LogP contribution in [0.1, 0.15) is 18.9 Å². The van der Waals surface area contributed by atoms with Crippen LogP contribution in [0, 0.1) is 0 Å². The number of hydrogen-bond acceptors (Lipinski definition) is 4. The SMILES string of the molecule is CCNC(=NCc1cccnc1N1CCOCC1)NCCCn1ccc2ccccc21.I. The molecule has 8 heteroatoms. The summed E-state index contributed by atoms with van der Waals surface area (Å²) in [5, 5.41) is 8.11. The molecule has 0 amide bonds. The fourth-order valence-electron chi connectivity index (χ4n) is 3.91. The highest BCUT2D eigenvalue weighted by Crippen LogP contribution is 2.19. The fraction of sp³-hybridized carbons (Fsp3) is 0.417. The Bertz CT molecular complexity index is 999. The molecule has 3 heterocycles. The zero-order valence-corrected chi connectivity index (χ0v) is 21.0. The molecule has 1 aromatic carbocycles. The topological polar surface area (TPSA) is 66.7 Å². The number of nitrogens with zero attached hydrogens (tertiary/aromatic N) is 4. The Hall–Kier alpha value is -2.33. The highest BCUT2D eigenvalue weighted by atomic mass is 127. The van der Waals surface area contributed by atoms with E-state index in [4.69, 9.17) is 9.73 Å². The molecule has 0 aliphatic carbocycles.